The van der Waals surface area contributed by atoms with Gasteiger partial charge in [-0.25, -0.2) is 0 Å². The van der Waals surface area contributed by atoms with E-state index < -0.39 is 24.1 Å². The molecule has 0 radical (unpaired) electrons. The number of hydrogen-bond acceptors (Lipinski definition) is 3. The molecule has 0 aliphatic carbocycles. The molecule has 0 heterocycles. The van der Waals surface area contributed by atoms with E-state index in [1.165, 1.54) is 27.3 Å². The average molecular weight is 523 g/mol. The summed E-state index contributed by atoms with van der Waals surface area (Å²) in [5.74, 6) is 0. The van der Waals surface area contributed by atoms with Crippen molar-refractivity contribution in [3.8, 4) is 0 Å². The van der Waals surface area contributed by atoms with Crippen LogP contribution in [0.15, 0.2) is 3.34 Å². The quantitative estimate of drug-likeness (QED) is 0.420. The zero-order chi connectivity index (χ0) is 18.8. The Hall–Kier alpha value is 0.0403. The summed E-state index contributed by atoms with van der Waals surface area (Å²) >= 11 is 1.18. The van der Waals surface area contributed by atoms with Crippen molar-refractivity contribution in [2.24, 2.45) is 3.34 Å². The fourth-order valence-corrected chi connectivity index (χ4v) is 0.854. The third-order valence-corrected chi connectivity index (χ3v) is 3.69. The topological polar surface area (TPSA) is 52.8 Å². The Bertz CT molecular complexity index is 276. The van der Waals surface area contributed by atoms with Crippen molar-refractivity contribution in [1.29, 1.82) is 0 Å². The molecule has 0 spiro atoms. The Morgan fingerprint density at radius 2 is 1.26 bits per heavy atom. The van der Waals surface area contributed by atoms with Gasteiger partial charge in [0.05, 0.1) is 5.60 Å². The smallest absolute Gasteiger partial charge is 0.377 e. The second-order valence-electron chi connectivity index (χ2n) is 5.02. The molecule has 10 heteroatoms. The summed E-state index contributed by atoms with van der Waals surface area (Å²) in [4.78, 5) is 0. The van der Waals surface area contributed by atoms with Crippen molar-refractivity contribution in [2.45, 2.75) is 77.6 Å². The van der Waals surface area contributed by atoms with Gasteiger partial charge in [-0.05, 0) is 20.3 Å². The molecule has 0 aliphatic heterocycles. The second-order valence-corrected chi connectivity index (χ2v) is 5.85. The van der Waals surface area contributed by atoms with Crippen molar-refractivity contribution in [1.82, 2.24) is 0 Å². The molecule has 23 heavy (non-hydrogen) atoms. The van der Waals surface area contributed by atoms with E-state index in [9.17, 15) is 26.3 Å². The standard InChI is InChI=1S/C5H12O.C4H9N.C3H2F6O.CH3.Ta/c1-4-5(2,3)6;1-3-4(2)5;4-2(5,6)1(10)3(7,8)9;;/h6H,4H2,1-3H3;4H,3H2,1-2H3;1,10H;1H3;/q;;;-1;. The van der Waals surface area contributed by atoms with E-state index in [0.717, 1.165) is 6.42 Å². The monoisotopic (exact) mass is 523 g/mol. The Morgan fingerprint density at radius 1 is 1.00 bits per heavy atom. The molecule has 0 amide bonds. The Kier molecular flexibility index (Phi) is 17.9. The van der Waals surface area contributed by atoms with Gasteiger partial charge >= 0.3 is 62.9 Å². The van der Waals surface area contributed by atoms with Gasteiger partial charge in [0.15, 0.2) is 0 Å². The molecule has 0 aromatic rings. The SMILES string of the molecule is CCC(C)(C)O.CCC(C)[N]=[Ta].OC(C(F)(F)F)C(F)(F)F.[CH3-]. The van der Waals surface area contributed by atoms with Gasteiger partial charge in [0.25, 0.3) is 0 Å². The summed E-state index contributed by atoms with van der Waals surface area (Å²) < 4.78 is 70.0. The van der Waals surface area contributed by atoms with E-state index in [4.69, 9.17) is 10.2 Å². The number of aliphatic hydroxyl groups excluding tert-OH is 1. The van der Waals surface area contributed by atoms with Crippen LogP contribution in [0.3, 0.4) is 0 Å². The van der Waals surface area contributed by atoms with Crippen LogP contribution in [0.4, 0.5) is 26.3 Å². The summed E-state index contributed by atoms with van der Waals surface area (Å²) in [5, 5.41) is 16.3. The molecule has 3 nitrogen and oxygen atoms in total. The van der Waals surface area contributed by atoms with Gasteiger partial charge in [-0.1, -0.05) is 6.92 Å². The number of aliphatic hydroxyl groups is 2. The first-order valence-corrected chi connectivity index (χ1v) is 7.84. The van der Waals surface area contributed by atoms with Crippen LogP contribution in [0.1, 0.15) is 47.5 Å². The summed E-state index contributed by atoms with van der Waals surface area (Å²) in [6, 6.07) is 0.610. The van der Waals surface area contributed by atoms with Gasteiger partial charge in [0.2, 0.25) is 6.10 Å². The van der Waals surface area contributed by atoms with E-state index in [1.54, 1.807) is 13.8 Å². The minimum atomic E-state index is -5.63. The van der Waals surface area contributed by atoms with Crippen molar-refractivity contribution in [3.05, 3.63) is 7.43 Å². The van der Waals surface area contributed by atoms with E-state index in [-0.39, 0.29) is 7.43 Å². The molecule has 0 saturated carbocycles. The Balaban J connectivity index is -0.000000122. The Labute approximate surface area is 146 Å². The molecule has 0 aliphatic rings. The average Bonchev–Trinajstić information content (AvgIpc) is 2.35. The molecule has 0 bridgehead atoms. The molecule has 0 rings (SSSR count). The van der Waals surface area contributed by atoms with Crippen molar-refractivity contribution < 1.29 is 57.4 Å². The summed E-state index contributed by atoms with van der Waals surface area (Å²) in [7, 11) is 0. The van der Waals surface area contributed by atoms with E-state index in [2.05, 4.69) is 17.2 Å². The molecule has 2 N–H and O–H groups in total. The van der Waals surface area contributed by atoms with Gasteiger partial charge in [-0.3, -0.25) is 0 Å². The van der Waals surface area contributed by atoms with Crippen molar-refractivity contribution >= 4 is 0 Å². The first-order valence-electron chi connectivity index (χ1n) is 6.40. The van der Waals surface area contributed by atoms with Crippen molar-refractivity contribution in [2.75, 3.05) is 0 Å². The van der Waals surface area contributed by atoms with Crippen LogP contribution in [-0.4, -0.2) is 40.3 Å². The number of halogens is 6. The van der Waals surface area contributed by atoms with Gasteiger partial charge < -0.3 is 17.6 Å². The third-order valence-electron chi connectivity index (χ3n) is 2.27. The molecule has 0 fully saturated rings. The molecule has 0 aromatic carbocycles. The van der Waals surface area contributed by atoms with Gasteiger partial charge in [0.1, 0.15) is 0 Å². The first-order chi connectivity index (χ1) is 9.52. The molecule has 143 valence electrons. The maximum absolute atomic E-state index is 11.0. The zero-order valence-electron chi connectivity index (χ0n) is 14.1. The van der Waals surface area contributed by atoms with Crippen LogP contribution in [0, 0.1) is 7.43 Å². The van der Waals surface area contributed by atoms with Crippen molar-refractivity contribution in [3.63, 3.8) is 0 Å². The number of rotatable bonds is 3. The minimum Gasteiger partial charge on any atom is -0.377 e. The molecule has 1 unspecified atom stereocenters. The fourth-order valence-electron chi connectivity index (χ4n) is 0.267. The van der Waals surface area contributed by atoms with Crippen LogP contribution < -0.4 is 0 Å². The normalized spacial score (nSPS) is 12.9. The zero-order valence-corrected chi connectivity index (χ0v) is 17.3. The number of hydrogen-bond donors (Lipinski definition) is 2. The number of alkyl halides is 6. The third kappa shape index (κ3) is 24.4. The fraction of sp³-hybridized carbons (Fsp3) is 0.923. The predicted molar refractivity (Wildman–Crippen MR) is 73.3 cm³/mol. The molecular weight excluding hydrogens is 497 g/mol. The van der Waals surface area contributed by atoms with Gasteiger partial charge in [-0.2, -0.15) is 26.3 Å². The van der Waals surface area contributed by atoms with Crippen LogP contribution in [0.25, 0.3) is 0 Å². The second kappa shape index (κ2) is 13.3. The van der Waals surface area contributed by atoms with Gasteiger partial charge in [-0.15, -0.1) is 0 Å². The largest absolute Gasteiger partial charge is 0.423 e. The molecular formula is C13H26F6NO2Ta-. The van der Waals surface area contributed by atoms with Crippen LogP contribution in [0.5, 0.6) is 0 Å². The molecule has 0 saturated heterocycles. The minimum absolute atomic E-state index is 0. The maximum Gasteiger partial charge on any atom is 0.423 e. The summed E-state index contributed by atoms with van der Waals surface area (Å²) in [6.45, 7) is 9.85. The van der Waals surface area contributed by atoms with Crippen LogP contribution in [-0.2, 0) is 20.9 Å². The first kappa shape index (κ1) is 30.9. The maximum atomic E-state index is 11.0. The predicted octanol–water partition coefficient (Wildman–Crippen LogP) is 4.60. The molecule has 0 aromatic heterocycles. The van der Waals surface area contributed by atoms with E-state index in [0.29, 0.717) is 6.04 Å². The summed E-state index contributed by atoms with van der Waals surface area (Å²) in [6.07, 6.45) is -13.5. The van der Waals surface area contributed by atoms with E-state index in [1.807, 2.05) is 6.92 Å². The van der Waals surface area contributed by atoms with Crippen LogP contribution >= 0.6 is 0 Å². The Morgan fingerprint density at radius 3 is 1.26 bits per heavy atom. The number of nitrogens with zero attached hydrogens (tertiary/aromatic N) is 1. The van der Waals surface area contributed by atoms with E-state index >= 15 is 0 Å². The molecule has 1 atom stereocenters. The van der Waals surface area contributed by atoms with Crippen LogP contribution in [0.2, 0.25) is 0 Å². The summed E-state index contributed by atoms with van der Waals surface area (Å²) in [5.41, 5.74) is -0.458. The van der Waals surface area contributed by atoms with Gasteiger partial charge in [0, 0.05) is 0 Å².